The third kappa shape index (κ3) is 3.58. The summed E-state index contributed by atoms with van der Waals surface area (Å²) >= 11 is 0. The molecule has 0 radical (unpaired) electrons. The van der Waals surface area contributed by atoms with E-state index in [0.717, 1.165) is 55.3 Å². The molecule has 38 heavy (non-hydrogen) atoms. The largest absolute Gasteiger partial charge is 0.309 e. The lowest BCUT2D eigenvalue weighted by atomic mass is 9.96. The minimum absolute atomic E-state index is 0.460. The van der Waals surface area contributed by atoms with Crippen molar-refractivity contribution in [2.24, 2.45) is 0 Å². The van der Waals surface area contributed by atoms with Crippen molar-refractivity contribution < 1.29 is 0 Å². The summed E-state index contributed by atoms with van der Waals surface area (Å²) in [6.07, 6.45) is 3.46. The number of aryl methyl sites for hydroxylation is 1. The van der Waals surface area contributed by atoms with Crippen molar-refractivity contribution in [3.8, 4) is 46.1 Å². The van der Waals surface area contributed by atoms with Gasteiger partial charge in [0, 0.05) is 23.2 Å². The summed E-state index contributed by atoms with van der Waals surface area (Å²) in [5.74, 6) is 0. The molecular weight excluding hydrogens is 466 g/mol. The lowest BCUT2D eigenvalue weighted by molar-refractivity contribution is 1.15. The number of fused-ring (bicyclic) bond motifs is 3. The first-order valence-electron chi connectivity index (χ1n) is 12.1. The fraction of sp³-hybridized carbons (Fsp3) is 0.0303. The van der Waals surface area contributed by atoms with E-state index in [1.165, 1.54) is 0 Å². The lowest BCUT2D eigenvalue weighted by Crippen LogP contribution is -1.99. The van der Waals surface area contributed by atoms with E-state index in [9.17, 15) is 15.8 Å². The van der Waals surface area contributed by atoms with Gasteiger partial charge < -0.3 is 4.57 Å². The minimum Gasteiger partial charge on any atom is -0.309 e. The SMILES string of the molecule is Cc1cc(-c2ccncc2)c(C#N)cc1-n1c2ccccc2c2cc(-c3ccc(C#N)cc3C#N)ccc21. The van der Waals surface area contributed by atoms with Gasteiger partial charge >= 0.3 is 0 Å². The van der Waals surface area contributed by atoms with Gasteiger partial charge in [-0.05, 0) is 89.3 Å². The summed E-state index contributed by atoms with van der Waals surface area (Å²) in [6, 6.07) is 34.1. The number of nitrogens with zero attached hydrogens (tertiary/aromatic N) is 5. The van der Waals surface area contributed by atoms with E-state index in [2.05, 4.69) is 65.0 Å². The highest BCUT2D eigenvalue weighted by molar-refractivity contribution is 6.10. The van der Waals surface area contributed by atoms with Gasteiger partial charge in [0.25, 0.3) is 0 Å². The zero-order valence-electron chi connectivity index (χ0n) is 20.5. The molecule has 0 aliphatic heterocycles. The predicted molar refractivity (Wildman–Crippen MR) is 148 cm³/mol. The topological polar surface area (TPSA) is 89.2 Å². The second kappa shape index (κ2) is 9.07. The Morgan fingerprint density at radius 3 is 2.13 bits per heavy atom. The van der Waals surface area contributed by atoms with Crippen molar-refractivity contribution in [1.82, 2.24) is 9.55 Å². The van der Waals surface area contributed by atoms with Crippen LogP contribution in [0, 0.1) is 40.9 Å². The van der Waals surface area contributed by atoms with E-state index in [1.807, 2.05) is 42.5 Å². The van der Waals surface area contributed by atoms with Gasteiger partial charge in [0.05, 0.1) is 51.6 Å². The first kappa shape index (κ1) is 22.7. The smallest absolute Gasteiger partial charge is 0.0998 e. The van der Waals surface area contributed by atoms with E-state index in [1.54, 1.807) is 24.5 Å². The van der Waals surface area contributed by atoms with Crippen LogP contribution < -0.4 is 0 Å². The van der Waals surface area contributed by atoms with Crippen molar-refractivity contribution in [2.75, 3.05) is 0 Å². The standard InChI is InChI=1S/C33H19N5/c1-21-14-29(23-10-12-37-13-11-23)26(20-36)17-33(21)38-31-5-3-2-4-28(31)30-16-24(7-9-32(30)38)27-8-6-22(18-34)15-25(27)19-35/h2-17H,1H3. The molecule has 0 atom stereocenters. The zero-order valence-corrected chi connectivity index (χ0v) is 20.5. The molecule has 0 spiro atoms. The Hall–Kier alpha value is -5.70. The highest BCUT2D eigenvalue weighted by Gasteiger charge is 2.17. The molecule has 5 heteroatoms. The Kier molecular flexibility index (Phi) is 5.43. The average molecular weight is 486 g/mol. The maximum atomic E-state index is 10.0. The van der Waals surface area contributed by atoms with Crippen LogP contribution in [0.15, 0.2) is 97.3 Å². The highest BCUT2D eigenvalue weighted by atomic mass is 15.0. The molecule has 2 heterocycles. The number of pyridine rings is 1. The molecule has 0 N–H and O–H groups in total. The molecule has 5 nitrogen and oxygen atoms in total. The summed E-state index contributed by atoms with van der Waals surface area (Å²) in [7, 11) is 0. The summed E-state index contributed by atoms with van der Waals surface area (Å²) in [6.45, 7) is 2.06. The Bertz CT molecular complexity index is 2010. The molecule has 0 bridgehead atoms. The van der Waals surface area contributed by atoms with Gasteiger partial charge in [-0.2, -0.15) is 15.8 Å². The van der Waals surface area contributed by atoms with E-state index < -0.39 is 0 Å². The van der Waals surface area contributed by atoms with E-state index >= 15 is 0 Å². The lowest BCUT2D eigenvalue weighted by Gasteiger charge is -2.15. The number of hydrogen-bond acceptors (Lipinski definition) is 4. The molecule has 0 saturated heterocycles. The number of aromatic nitrogens is 2. The fourth-order valence-corrected chi connectivity index (χ4v) is 5.16. The molecule has 0 fully saturated rings. The number of nitriles is 3. The van der Waals surface area contributed by atoms with Gasteiger partial charge in [-0.1, -0.05) is 30.3 Å². The first-order chi connectivity index (χ1) is 18.6. The van der Waals surface area contributed by atoms with Crippen molar-refractivity contribution in [2.45, 2.75) is 6.92 Å². The van der Waals surface area contributed by atoms with Crippen LogP contribution in [0.5, 0.6) is 0 Å². The van der Waals surface area contributed by atoms with Crippen molar-refractivity contribution in [3.63, 3.8) is 0 Å². The monoisotopic (exact) mass is 485 g/mol. The molecule has 6 aromatic rings. The van der Waals surface area contributed by atoms with Crippen molar-refractivity contribution in [1.29, 1.82) is 15.8 Å². The molecule has 2 aromatic heterocycles. The van der Waals surface area contributed by atoms with Crippen molar-refractivity contribution in [3.05, 3.63) is 120 Å². The van der Waals surface area contributed by atoms with Crippen LogP contribution >= 0.6 is 0 Å². The van der Waals surface area contributed by atoms with Gasteiger partial charge in [-0.25, -0.2) is 0 Å². The second-order valence-corrected chi connectivity index (χ2v) is 9.10. The first-order valence-corrected chi connectivity index (χ1v) is 12.1. The number of para-hydroxylation sites is 1. The molecule has 0 amide bonds. The van der Waals surface area contributed by atoms with Crippen LogP contribution in [-0.4, -0.2) is 9.55 Å². The van der Waals surface area contributed by atoms with E-state index in [4.69, 9.17) is 0 Å². The minimum atomic E-state index is 0.460. The van der Waals surface area contributed by atoms with E-state index in [-0.39, 0.29) is 0 Å². The quantitative estimate of drug-likeness (QED) is 0.261. The maximum Gasteiger partial charge on any atom is 0.0998 e. The van der Waals surface area contributed by atoms with Crippen LogP contribution in [0.1, 0.15) is 22.3 Å². The molecule has 0 saturated carbocycles. The van der Waals surface area contributed by atoms with Gasteiger partial charge in [-0.3, -0.25) is 4.98 Å². The molecule has 0 aliphatic carbocycles. The summed E-state index contributed by atoms with van der Waals surface area (Å²) in [5.41, 5.74) is 9.06. The highest BCUT2D eigenvalue weighted by Crippen LogP contribution is 2.38. The van der Waals surface area contributed by atoms with Crippen LogP contribution in [-0.2, 0) is 0 Å². The maximum absolute atomic E-state index is 10.0. The predicted octanol–water partition coefficient (Wildman–Crippen LogP) is 7.44. The van der Waals surface area contributed by atoms with Crippen molar-refractivity contribution >= 4 is 21.8 Å². The third-order valence-electron chi connectivity index (χ3n) is 6.94. The van der Waals surface area contributed by atoms with E-state index in [0.29, 0.717) is 16.7 Å². The second-order valence-electron chi connectivity index (χ2n) is 9.10. The molecule has 176 valence electrons. The average Bonchev–Trinajstić information content (AvgIpc) is 3.30. The van der Waals surface area contributed by atoms with Gasteiger partial charge in [0.1, 0.15) is 0 Å². The zero-order chi connectivity index (χ0) is 26.2. The summed E-state index contributed by atoms with van der Waals surface area (Å²) in [5, 5.41) is 31.1. The Morgan fingerprint density at radius 1 is 0.632 bits per heavy atom. The summed E-state index contributed by atoms with van der Waals surface area (Å²) in [4.78, 5) is 4.10. The molecular formula is C33H19N5. The van der Waals surface area contributed by atoms with Gasteiger partial charge in [-0.15, -0.1) is 0 Å². The number of benzene rings is 4. The van der Waals surface area contributed by atoms with Crippen LogP contribution in [0.25, 0.3) is 49.7 Å². The Balaban J connectivity index is 1.61. The van der Waals surface area contributed by atoms with Gasteiger partial charge in [0.2, 0.25) is 0 Å². The molecule has 4 aromatic carbocycles. The Labute approximate surface area is 219 Å². The molecule has 6 rings (SSSR count). The van der Waals surface area contributed by atoms with Crippen LogP contribution in [0.3, 0.4) is 0 Å². The van der Waals surface area contributed by atoms with Crippen LogP contribution in [0.4, 0.5) is 0 Å². The fourth-order valence-electron chi connectivity index (χ4n) is 5.16. The third-order valence-corrected chi connectivity index (χ3v) is 6.94. The van der Waals surface area contributed by atoms with Gasteiger partial charge in [0.15, 0.2) is 0 Å². The number of rotatable bonds is 3. The number of hydrogen-bond donors (Lipinski definition) is 0. The van der Waals surface area contributed by atoms with Crippen LogP contribution in [0.2, 0.25) is 0 Å². The molecule has 0 aliphatic rings. The normalized spacial score (nSPS) is 10.7. The summed E-state index contributed by atoms with van der Waals surface area (Å²) < 4.78 is 2.20. The Morgan fingerprint density at radius 2 is 1.37 bits per heavy atom. The molecule has 0 unspecified atom stereocenters.